The summed E-state index contributed by atoms with van der Waals surface area (Å²) in [6.07, 6.45) is 0. The standard InChI is InChI=1S/C25H20BrClN4O3/c1-14-3-9-20(15(2)11-14)29-24(33)25(34)30-31-21-10-4-17(26)12-16(21)13-22(31)23(32)28-19-7-5-18(27)6-8-19/h3-13H,1-2H3,(H,28,32)(H,29,33)(H,30,34). The zero-order chi connectivity index (χ0) is 24.4. The summed E-state index contributed by atoms with van der Waals surface area (Å²) in [7, 11) is 0. The predicted molar refractivity (Wildman–Crippen MR) is 138 cm³/mol. The van der Waals surface area contributed by atoms with E-state index in [4.69, 9.17) is 11.6 Å². The van der Waals surface area contributed by atoms with Gasteiger partial charge in [0.15, 0.2) is 0 Å². The molecule has 0 aliphatic carbocycles. The van der Waals surface area contributed by atoms with Crippen LogP contribution in [0.25, 0.3) is 10.9 Å². The van der Waals surface area contributed by atoms with Crippen molar-refractivity contribution in [3.63, 3.8) is 0 Å². The first-order chi connectivity index (χ1) is 16.2. The Bertz CT molecular complexity index is 1430. The highest BCUT2D eigenvalue weighted by atomic mass is 79.9. The number of rotatable bonds is 4. The van der Waals surface area contributed by atoms with Crippen LogP contribution in [-0.2, 0) is 9.59 Å². The van der Waals surface area contributed by atoms with Crippen molar-refractivity contribution in [2.24, 2.45) is 0 Å². The minimum absolute atomic E-state index is 0.149. The van der Waals surface area contributed by atoms with Gasteiger partial charge in [-0.2, -0.15) is 0 Å². The molecule has 0 atom stereocenters. The fraction of sp³-hybridized carbons (Fsp3) is 0.0800. The summed E-state index contributed by atoms with van der Waals surface area (Å²) < 4.78 is 2.11. The number of benzene rings is 3. The molecule has 1 heterocycles. The lowest BCUT2D eigenvalue weighted by Crippen LogP contribution is -2.36. The molecule has 0 unspecified atom stereocenters. The Balaban J connectivity index is 1.62. The third kappa shape index (κ3) is 5.13. The molecule has 0 aliphatic heterocycles. The molecule has 0 saturated carbocycles. The molecule has 172 valence electrons. The largest absolute Gasteiger partial charge is 0.328 e. The molecule has 4 rings (SSSR count). The summed E-state index contributed by atoms with van der Waals surface area (Å²) in [4.78, 5) is 38.5. The first kappa shape index (κ1) is 23.5. The highest BCUT2D eigenvalue weighted by Crippen LogP contribution is 2.24. The van der Waals surface area contributed by atoms with E-state index >= 15 is 0 Å². The molecule has 9 heteroatoms. The van der Waals surface area contributed by atoms with Gasteiger partial charge in [-0.25, -0.2) is 4.68 Å². The fourth-order valence-electron chi connectivity index (χ4n) is 3.49. The van der Waals surface area contributed by atoms with Crippen LogP contribution in [0.3, 0.4) is 0 Å². The normalized spacial score (nSPS) is 10.7. The van der Waals surface area contributed by atoms with Crippen molar-refractivity contribution in [2.45, 2.75) is 13.8 Å². The minimum Gasteiger partial charge on any atom is -0.321 e. The van der Waals surface area contributed by atoms with Gasteiger partial charge in [0, 0.05) is 26.3 Å². The molecule has 1 aromatic heterocycles. The number of amides is 3. The maximum absolute atomic E-state index is 13.1. The monoisotopic (exact) mass is 538 g/mol. The van der Waals surface area contributed by atoms with Crippen LogP contribution in [0.4, 0.5) is 11.4 Å². The molecule has 3 N–H and O–H groups in total. The van der Waals surface area contributed by atoms with Crippen LogP contribution in [0, 0.1) is 13.8 Å². The molecule has 3 aromatic carbocycles. The van der Waals surface area contributed by atoms with E-state index < -0.39 is 17.7 Å². The minimum atomic E-state index is -0.916. The lowest BCUT2D eigenvalue weighted by Gasteiger charge is -2.13. The number of hydrogen-bond acceptors (Lipinski definition) is 3. The second-order valence-electron chi connectivity index (χ2n) is 7.74. The molecule has 7 nitrogen and oxygen atoms in total. The van der Waals surface area contributed by atoms with Crippen LogP contribution in [-0.4, -0.2) is 22.4 Å². The van der Waals surface area contributed by atoms with Crippen LogP contribution >= 0.6 is 27.5 Å². The van der Waals surface area contributed by atoms with Crippen LogP contribution in [0.1, 0.15) is 21.6 Å². The quantitative estimate of drug-likeness (QED) is 0.293. The topological polar surface area (TPSA) is 92.2 Å². The Labute approximate surface area is 209 Å². The summed E-state index contributed by atoms with van der Waals surface area (Å²) in [5, 5.41) is 6.63. The molecular formula is C25H20BrClN4O3. The molecule has 0 spiro atoms. The number of fused-ring (bicyclic) bond motifs is 1. The van der Waals surface area contributed by atoms with Crippen molar-refractivity contribution in [1.82, 2.24) is 4.68 Å². The van der Waals surface area contributed by atoms with Gasteiger partial charge in [-0.3, -0.25) is 19.8 Å². The van der Waals surface area contributed by atoms with E-state index in [-0.39, 0.29) is 5.69 Å². The molecule has 0 fully saturated rings. The first-order valence-electron chi connectivity index (χ1n) is 10.3. The van der Waals surface area contributed by atoms with E-state index in [1.54, 1.807) is 48.5 Å². The lowest BCUT2D eigenvalue weighted by atomic mass is 10.1. The first-order valence-corrected chi connectivity index (χ1v) is 11.5. The highest BCUT2D eigenvalue weighted by Gasteiger charge is 2.21. The molecule has 4 aromatic rings. The number of carbonyl (C=O) groups is 3. The number of hydrogen-bond donors (Lipinski definition) is 3. The zero-order valence-electron chi connectivity index (χ0n) is 18.3. The average molecular weight is 540 g/mol. The Morgan fingerprint density at radius 3 is 2.29 bits per heavy atom. The van der Waals surface area contributed by atoms with Crippen LogP contribution in [0.15, 0.2) is 71.2 Å². The van der Waals surface area contributed by atoms with Gasteiger partial charge in [0.25, 0.3) is 5.91 Å². The van der Waals surface area contributed by atoms with E-state index in [0.29, 0.717) is 27.3 Å². The van der Waals surface area contributed by atoms with Crippen molar-refractivity contribution >= 4 is 67.5 Å². The molecule has 0 aliphatic rings. The van der Waals surface area contributed by atoms with Gasteiger partial charge in [-0.15, -0.1) is 0 Å². The van der Waals surface area contributed by atoms with Crippen molar-refractivity contribution < 1.29 is 14.4 Å². The number of anilines is 2. The Morgan fingerprint density at radius 1 is 0.853 bits per heavy atom. The average Bonchev–Trinajstić information content (AvgIpc) is 3.14. The molecular weight excluding hydrogens is 520 g/mol. The van der Waals surface area contributed by atoms with Gasteiger partial charge in [-0.05, 0) is 74.0 Å². The Kier molecular flexibility index (Phi) is 6.72. The van der Waals surface area contributed by atoms with Gasteiger partial charge >= 0.3 is 11.8 Å². The number of nitrogens with one attached hydrogen (secondary N) is 3. The number of aryl methyl sites for hydroxylation is 2. The van der Waals surface area contributed by atoms with Crippen LogP contribution in [0.5, 0.6) is 0 Å². The van der Waals surface area contributed by atoms with Crippen LogP contribution < -0.4 is 16.1 Å². The van der Waals surface area contributed by atoms with Gasteiger partial charge in [0.2, 0.25) is 0 Å². The summed E-state index contributed by atoms with van der Waals surface area (Å²) in [6, 6.07) is 19.1. The van der Waals surface area contributed by atoms with Crippen LogP contribution in [0.2, 0.25) is 5.02 Å². The molecule has 0 radical (unpaired) electrons. The van der Waals surface area contributed by atoms with Crippen molar-refractivity contribution in [3.05, 3.63) is 93.0 Å². The Morgan fingerprint density at radius 2 is 1.59 bits per heavy atom. The SMILES string of the molecule is Cc1ccc(NC(=O)C(=O)Nn2c(C(=O)Nc3ccc(Cl)cc3)cc3cc(Br)ccc32)c(C)c1. The maximum Gasteiger partial charge on any atom is 0.328 e. The van der Waals surface area contributed by atoms with E-state index in [1.165, 1.54) is 4.68 Å². The fourth-order valence-corrected chi connectivity index (χ4v) is 3.99. The lowest BCUT2D eigenvalue weighted by molar-refractivity contribution is -0.133. The molecule has 0 saturated heterocycles. The second kappa shape index (κ2) is 9.70. The number of nitrogens with zero attached hydrogens (tertiary/aromatic N) is 1. The van der Waals surface area contributed by atoms with Gasteiger partial charge in [0.05, 0.1) is 5.52 Å². The molecule has 0 bridgehead atoms. The van der Waals surface area contributed by atoms with E-state index in [1.807, 2.05) is 32.0 Å². The second-order valence-corrected chi connectivity index (χ2v) is 9.09. The molecule has 34 heavy (non-hydrogen) atoms. The van der Waals surface area contributed by atoms with Gasteiger partial charge in [-0.1, -0.05) is 45.2 Å². The van der Waals surface area contributed by atoms with E-state index in [0.717, 1.165) is 15.6 Å². The van der Waals surface area contributed by atoms with Gasteiger partial charge < -0.3 is 10.6 Å². The number of aromatic nitrogens is 1. The van der Waals surface area contributed by atoms with Crippen molar-refractivity contribution in [3.8, 4) is 0 Å². The number of halogens is 2. The summed E-state index contributed by atoms with van der Waals surface area (Å²) in [5.41, 5.74) is 6.19. The van der Waals surface area contributed by atoms with Crippen molar-refractivity contribution in [2.75, 3.05) is 16.1 Å². The van der Waals surface area contributed by atoms with E-state index in [9.17, 15) is 14.4 Å². The van der Waals surface area contributed by atoms with E-state index in [2.05, 4.69) is 32.0 Å². The van der Waals surface area contributed by atoms with Gasteiger partial charge in [0.1, 0.15) is 5.69 Å². The highest BCUT2D eigenvalue weighted by molar-refractivity contribution is 9.10. The summed E-state index contributed by atoms with van der Waals surface area (Å²) >= 11 is 9.33. The maximum atomic E-state index is 13.1. The number of carbonyl (C=O) groups excluding carboxylic acids is 3. The molecule has 3 amide bonds. The zero-order valence-corrected chi connectivity index (χ0v) is 20.6. The summed E-state index contributed by atoms with van der Waals surface area (Å²) in [6.45, 7) is 3.79. The summed E-state index contributed by atoms with van der Waals surface area (Å²) in [5.74, 6) is -2.24. The predicted octanol–water partition coefficient (Wildman–Crippen LogP) is 5.64. The Hall–Kier alpha value is -3.62. The third-order valence-corrected chi connectivity index (χ3v) is 5.89. The van der Waals surface area contributed by atoms with Crippen molar-refractivity contribution in [1.29, 1.82) is 0 Å². The third-order valence-electron chi connectivity index (χ3n) is 5.15. The smallest absolute Gasteiger partial charge is 0.321 e.